The quantitative estimate of drug-likeness (QED) is 0.780. The number of amides is 2. The maximum Gasteiger partial charge on any atom is 0.281 e. The minimum absolute atomic E-state index is 0.0527. The number of nitrogens with two attached hydrogens (primary N) is 1. The van der Waals surface area contributed by atoms with Gasteiger partial charge in [-0.25, -0.2) is 5.01 Å². The second kappa shape index (κ2) is 8.89. The molecule has 2 aliphatic heterocycles. The standard InChI is InChI=1S/C24H29N5O2/c1-16-10-11-21(17(2)13-16)29-22(18-7-4-3-5-8-18)14-20(26-29)24(31)27-28-12-6-9-19(15-28)23(25)30/h3-5,7-8,10-11,13,19,22H,6,9,12,14-15H2,1-2H3,(H2,25,30)(H,27,31). The van der Waals surface area contributed by atoms with Crippen LogP contribution in [0.15, 0.2) is 53.6 Å². The van der Waals surface area contributed by atoms with Gasteiger partial charge < -0.3 is 5.73 Å². The number of nitrogens with zero attached hydrogens (tertiary/aromatic N) is 3. The molecule has 31 heavy (non-hydrogen) atoms. The third-order valence-corrected chi connectivity index (χ3v) is 6.04. The first-order valence-corrected chi connectivity index (χ1v) is 10.8. The number of hydrazone groups is 1. The Labute approximate surface area is 182 Å². The highest BCUT2D eigenvalue weighted by molar-refractivity contribution is 6.39. The Morgan fingerprint density at radius 2 is 1.90 bits per heavy atom. The number of primary amides is 1. The van der Waals surface area contributed by atoms with Crippen molar-refractivity contribution in [3.05, 3.63) is 65.2 Å². The smallest absolute Gasteiger partial charge is 0.281 e. The summed E-state index contributed by atoms with van der Waals surface area (Å²) < 4.78 is 0. The van der Waals surface area contributed by atoms with Crippen LogP contribution in [0.1, 0.15) is 42.0 Å². The van der Waals surface area contributed by atoms with E-state index in [2.05, 4.69) is 49.6 Å². The molecule has 2 aromatic rings. The molecule has 1 fully saturated rings. The Morgan fingerprint density at radius 3 is 2.61 bits per heavy atom. The minimum Gasteiger partial charge on any atom is -0.369 e. The lowest BCUT2D eigenvalue weighted by molar-refractivity contribution is -0.127. The van der Waals surface area contributed by atoms with Gasteiger partial charge in [-0.1, -0.05) is 48.0 Å². The first-order chi connectivity index (χ1) is 14.9. The normalized spacial score (nSPS) is 21.6. The molecule has 2 aliphatic rings. The molecular weight excluding hydrogens is 390 g/mol. The van der Waals surface area contributed by atoms with E-state index in [4.69, 9.17) is 10.8 Å². The Bertz CT molecular complexity index is 1000. The summed E-state index contributed by atoms with van der Waals surface area (Å²) in [7, 11) is 0. The zero-order chi connectivity index (χ0) is 22.0. The van der Waals surface area contributed by atoms with Gasteiger partial charge in [0.2, 0.25) is 5.91 Å². The number of carbonyl (C=O) groups excluding carboxylic acids is 2. The van der Waals surface area contributed by atoms with E-state index in [-0.39, 0.29) is 23.8 Å². The van der Waals surface area contributed by atoms with Crippen molar-refractivity contribution in [3.63, 3.8) is 0 Å². The average Bonchev–Trinajstić information content (AvgIpc) is 3.20. The molecule has 2 heterocycles. The highest BCUT2D eigenvalue weighted by Gasteiger charge is 2.34. The van der Waals surface area contributed by atoms with Gasteiger partial charge >= 0.3 is 0 Å². The van der Waals surface area contributed by atoms with Crippen LogP contribution in [0.4, 0.5) is 5.69 Å². The Balaban J connectivity index is 1.57. The van der Waals surface area contributed by atoms with Crippen molar-refractivity contribution >= 4 is 23.2 Å². The summed E-state index contributed by atoms with van der Waals surface area (Å²) in [6.45, 7) is 5.27. The third kappa shape index (κ3) is 4.61. The lowest BCUT2D eigenvalue weighted by Crippen LogP contribution is -2.51. The Hall–Kier alpha value is -3.19. The van der Waals surface area contributed by atoms with Gasteiger partial charge in [-0.05, 0) is 43.9 Å². The molecule has 0 radical (unpaired) electrons. The fourth-order valence-electron chi connectivity index (χ4n) is 4.39. The van der Waals surface area contributed by atoms with E-state index in [9.17, 15) is 9.59 Å². The first-order valence-electron chi connectivity index (χ1n) is 10.8. The molecule has 2 aromatic carbocycles. The second-order valence-corrected chi connectivity index (χ2v) is 8.44. The fourth-order valence-corrected chi connectivity index (χ4v) is 4.39. The van der Waals surface area contributed by atoms with Gasteiger partial charge in [0.15, 0.2) is 0 Å². The maximum absolute atomic E-state index is 13.1. The summed E-state index contributed by atoms with van der Waals surface area (Å²) in [5, 5.41) is 8.50. The predicted octanol–water partition coefficient (Wildman–Crippen LogP) is 2.84. The molecule has 4 rings (SSSR count). The number of nitrogens with one attached hydrogen (secondary N) is 1. The van der Waals surface area contributed by atoms with Crippen molar-refractivity contribution < 1.29 is 9.59 Å². The van der Waals surface area contributed by atoms with E-state index in [0.29, 0.717) is 25.2 Å². The molecule has 3 N–H and O–H groups in total. The lowest BCUT2D eigenvalue weighted by Gasteiger charge is -2.31. The van der Waals surface area contributed by atoms with Crippen LogP contribution in [0.2, 0.25) is 0 Å². The third-order valence-electron chi connectivity index (χ3n) is 6.04. The number of hydrazine groups is 1. The number of anilines is 1. The molecule has 2 atom stereocenters. The van der Waals surface area contributed by atoms with Gasteiger partial charge in [0, 0.05) is 19.5 Å². The number of rotatable bonds is 5. The number of carbonyl (C=O) groups is 2. The summed E-state index contributed by atoms with van der Waals surface area (Å²) in [6.07, 6.45) is 2.09. The zero-order valence-corrected chi connectivity index (χ0v) is 18.0. The average molecular weight is 420 g/mol. The molecule has 7 heteroatoms. The molecule has 2 amide bonds. The van der Waals surface area contributed by atoms with Gasteiger partial charge in [0.25, 0.3) is 5.91 Å². The van der Waals surface area contributed by atoms with E-state index < -0.39 is 0 Å². The highest BCUT2D eigenvalue weighted by Crippen LogP contribution is 2.37. The van der Waals surface area contributed by atoms with E-state index in [1.165, 1.54) is 5.56 Å². The Kier molecular flexibility index (Phi) is 6.04. The number of aryl methyl sites for hydroxylation is 2. The van der Waals surface area contributed by atoms with Gasteiger partial charge in [0.05, 0.1) is 17.6 Å². The first kappa shape index (κ1) is 21.1. The van der Waals surface area contributed by atoms with Crippen LogP contribution in [0.5, 0.6) is 0 Å². The van der Waals surface area contributed by atoms with Crippen LogP contribution in [0, 0.1) is 19.8 Å². The molecular formula is C24H29N5O2. The predicted molar refractivity (Wildman–Crippen MR) is 121 cm³/mol. The fraction of sp³-hybridized carbons (Fsp3) is 0.375. The highest BCUT2D eigenvalue weighted by atomic mass is 16.2. The second-order valence-electron chi connectivity index (χ2n) is 8.44. The largest absolute Gasteiger partial charge is 0.369 e. The van der Waals surface area contributed by atoms with Crippen LogP contribution in [0.3, 0.4) is 0 Å². The lowest BCUT2D eigenvalue weighted by atomic mass is 9.98. The van der Waals surface area contributed by atoms with Crippen molar-refractivity contribution in [2.24, 2.45) is 16.8 Å². The van der Waals surface area contributed by atoms with Crippen LogP contribution < -0.4 is 16.2 Å². The van der Waals surface area contributed by atoms with Gasteiger partial charge in [-0.3, -0.25) is 20.0 Å². The van der Waals surface area contributed by atoms with Crippen molar-refractivity contribution in [1.82, 2.24) is 10.4 Å². The topological polar surface area (TPSA) is 91.0 Å². The zero-order valence-electron chi connectivity index (χ0n) is 18.0. The summed E-state index contributed by atoms with van der Waals surface area (Å²) >= 11 is 0. The van der Waals surface area contributed by atoms with Crippen molar-refractivity contribution in [2.75, 3.05) is 18.1 Å². The van der Waals surface area contributed by atoms with E-state index in [1.54, 1.807) is 5.01 Å². The minimum atomic E-state index is -0.317. The molecule has 0 aliphatic carbocycles. The van der Waals surface area contributed by atoms with Crippen LogP contribution in [-0.4, -0.2) is 35.6 Å². The molecule has 1 saturated heterocycles. The number of benzene rings is 2. The summed E-state index contributed by atoms with van der Waals surface area (Å²) in [6, 6.07) is 16.3. The van der Waals surface area contributed by atoms with Crippen molar-refractivity contribution in [1.29, 1.82) is 0 Å². The summed E-state index contributed by atoms with van der Waals surface area (Å²) in [5.74, 6) is -0.774. The SMILES string of the molecule is Cc1ccc(N2N=C(C(=O)NN3CCCC(C(N)=O)C3)CC2c2ccccc2)c(C)c1. The molecule has 162 valence electrons. The van der Waals surface area contributed by atoms with E-state index >= 15 is 0 Å². The Morgan fingerprint density at radius 1 is 1.13 bits per heavy atom. The summed E-state index contributed by atoms with van der Waals surface area (Å²) in [4.78, 5) is 24.6. The van der Waals surface area contributed by atoms with Crippen LogP contribution >= 0.6 is 0 Å². The molecule has 0 saturated carbocycles. The van der Waals surface area contributed by atoms with Crippen molar-refractivity contribution in [2.45, 2.75) is 39.2 Å². The molecule has 0 bridgehead atoms. The number of hydrogen-bond acceptors (Lipinski definition) is 5. The van der Waals surface area contributed by atoms with Gasteiger partial charge in [-0.15, -0.1) is 0 Å². The van der Waals surface area contributed by atoms with Gasteiger partial charge in [-0.2, -0.15) is 5.10 Å². The van der Waals surface area contributed by atoms with Gasteiger partial charge in [0.1, 0.15) is 5.71 Å². The molecule has 0 spiro atoms. The maximum atomic E-state index is 13.1. The van der Waals surface area contributed by atoms with Crippen molar-refractivity contribution in [3.8, 4) is 0 Å². The van der Waals surface area contributed by atoms with E-state index in [1.807, 2.05) is 23.2 Å². The van der Waals surface area contributed by atoms with Crippen LogP contribution in [-0.2, 0) is 9.59 Å². The van der Waals surface area contributed by atoms with E-state index in [0.717, 1.165) is 29.7 Å². The summed E-state index contributed by atoms with van der Waals surface area (Å²) in [5.41, 5.74) is 13.3. The molecule has 7 nitrogen and oxygen atoms in total. The molecule has 0 aromatic heterocycles. The monoisotopic (exact) mass is 419 g/mol. The number of hydrogen-bond donors (Lipinski definition) is 2. The number of piperidine rings is 1. The van der Waals surface area contributed by atoms with Crippen LogP contribution in [0.25, 0.3) is 0 Å². The molecule has 2 unspecified atom stereocenters.